The number of rotatable bonds is 3. The molecule has 1 rings (SSSR count). The van der Waals surface area contributed by atoms with Crippen LogP contribution in [0.1, 0.15) is 15.9 Å². The maximum Gasteiger partial charge on any atom is 0.150 e. The van der Waals surface area contributed by atoms with Gasteiger partial charge in [0.05, 0.1) is 12.8 Å². The molecule has 1 aromatic carbocycles. The molecule has 4 nitrogen and oxygen atoms in total. The van der Waals surface area contributed by atoms with E-state index in [2.05, 4.69) is 0 Å². The summed E-state index contributed by atoms with van der Waals surface area (Å²) in [5.74, 6) is 0.549. The Balaban J connectivity index is 0. The molecule has 0 aliphatic heterocycles. The molecule has 0 spiro atoms. The van der Waals surface area contributed by atoms with E-state index in [4.69, 9.17) is 16.2 Å². The summed E-state index contributed by atoms with van der Waals surface area (Å²) in [6, 6.07) is 3.23. The van der Waals surface area contributed by atoms with Gasteiger partial charge in [0.15, 0.2) is 0 Å². The highest BCUT2D eigenvalue weighted by molar-refractivity contribution is 5.85. The Hall–Kier alpha value is -0.970. The molecule has 0 radical (unpaired) electrons. The van der Waals surface area contributed by atoms with Crippen LogP contribution < -0.4 is 16.2 Å². The molecular weight excluding hydrogens is 239 g/mol. The standard InChI is InChI=1S/C9H12N2O2.2ClH/c1-13-9-7(4-10)2-6(5-12)3-8(9)11;;/h2-3,5H,4,10-11H2,1H3;2*1H. The van der Waals surface area contributed by atoms with Gasteiger partial charge in [-0.25, -0.2) is 0 Å². The number of carbonyl (C=O) groups excluding carboxylic acids is 1. The number of nitrogen functional groups attached to an aromatic ring is 1. The zero-order valence-corrected chi connectivity index (χ0v) is 9.86. The second-order valence-electron chi connectivity index (χ2n) is 2.62. The topological polar surface area (TPSA) is 78.3 Å². The van der Waals surface area contributed by atoms with Gasteiger partial charge in [0.1, 0.15) is 12.0 Å². The van der Waals surface area contributed by atoms with Crippen molar-refractivity contribution >= 4 is 36.8 Å². The van der Waals surface area contributed by atoms with E-state index in [9.17, 15) is 4.79 Å². The van der Waals surface area contributed by atoms with Crippen LogP contribution in [0.4, 0.5) is 5.69 Å². The third-order valence-corrected chi connectivity index (χ3v) is 1.78. The number of nitrogens with two attached hydrogens (primary N) is 2. The quantitative estimate of drug-likeness (QED) is 0.630. The molecule has 0 saturated heterocycles. The fourth-order valence-electron chi connectivity index (χ4n) is 1.21. The van der Waals surface area contributed by atoms with Crippen molar-refractivity contribution in [3.8, 4) is 5.75 Å². The Bertz CT molecular complexity index is 332. The molecule has 0 fully saturated rings. The van der Waals surface area contributed by atoms with Crippen LogP contribution in [0.25, 0.3) is 0 Å². The highest BCUT2D eigenvalue weighted by Gasteiger charge is 2.07. The lowest BCUT2D eigenvalue weighted by Gasteiger charge is -2.09. The molecule has 0 amide bonds. The third kappa shape index (κ3) is 3.58. The van der Waals surface area contributed by atoms with Gasteiger partial charge >= 0.3 is 0 Å². The first-order valence-electron chi connectivity index (χ1n) is 3.84. The van der Waals surface area contributed by atoms with Gasteiger partial charge in [-0.2, -0.15) is 0 Å². The molecule has 0 aromatic heterocycles. The summed E-state index contributed by atoms with van der Waals surface area (Å²) in [4.78, 5) is 10.5. The van der Waals surface area contributed by atoms with Crippen LogP contribution in [-0.4, -0.2) is 13.4 Å². The van der Waals surface area contributed by atoms with Crippen molar-refractivity contribution < 1.29 is 9.53 Å². The van der Waals surface area contributed by atoms with Crippen LogP contribution in [0.15, 0.2) is 12.1 Å². The molecule has 0 saturated carbocycles. The summed E-state index contributed by atoms with van der Waals surface area (Å²) in [6.07, 6.45) is 0.731. The average molecular weight is 253 g/mol. The fourth-order valence-corrected chi connectivity index (χ4v) is 1.21. The van der Waals surface area contributed by atoms with Crippen molar-refractivity contribution in [1.29, 1.82) is 0 Å². The highest BCUT2D eigenvalue weighted by atomic mass is 35.5. The number of hydrogen-bond acceptors (Lipinski definition) is 4. The first-order chi connectivity index (χ1) is 6.22. The van der Waals surface area contributed by atoms with Crippen LogP contribution in [0, 0.1) is 0 Å². The molecule has 0 bridgehead atoms. The van der Waals surface area contributed by atoms with Crippen molar-refractivity contribution in [3.05, 3.63) is 23.3 Å². The zero-order valence-electron chi connectivity index (χ0n) is 8.23. The highest BCUT2D eigenvalue weighted by Crippen LogP contribution is 2.26. The van der Waals surface area contributed by atoms with E-state index in [-0.39, 0.29) is 24.8 Å². The van der Waals surface area contributed by atoms with E-state index in [1.165, 1.54) is 7.11 Å². The minimum atomic E-state index is 0. The van der Waals surface area contributed by atoms with E-state index in [1.807, 2.05) is 0 Å². The van der Waals surface area contributed by atoms with Gasteiger partial charge in [-0.1, -0.05) is 0 Å². The molecule has 15 heavy (non-hydrogen) atoms. The van der Waals surface area contributed by atoms with E-state index >= 15 is 0 Å². The lowest BCUT2D eigenvalue weighted by atomic mass is 10.1. The van der Waals surface area contributed by atoms with Crippen molar-refractivity contribution in [2.24, 2.45) is 5.73 Å². The van der Waals surface area contributed by atoms with Crippen LogP contribution in [0.5, 0.6) is 5.75 Å². The molecule has 0 atom stereocenters. The van der Waals surface area contributed by atoms with Crippen molar-refractivity contribution in [3.63, 3.8) is 0 Å². The second-order valence-corrected chi connectivity index (χ2v) is 2.62. The van der Waals surface area contributed by atoms with Crippen LogP contribution in [0.3, 0.4) is 0 Å². The normalized spacial score (nSPS) is 8.40. The number of aldehydes is 1. The van der Waals surface area contributed by atoms with E-state index < -0.39 is 0 Å². The number of methoxy groups -OCH3 is 1. The first kappa shape index (κ1) is 16.5. The summed E-state index contributed by atoms with van der Waals surface area (Å²) in [5, 5.41) is 0. The lowest BCUT2D eigenvalue weighted by Crippen LogP contribution is -2.04. The van der Waals surface area contributed by atoms with Crippen molar-refractivity contribution in [2.75, 3.05) is 12.8 Å². The third-order valence-electron chi connectivity index (χ3n) is 1.78. The van der Waals surface area contributed by atoms with Crippen LogP contribution in [-0.2, 0) is 6.54 Å². The molecule has 0 heterocycles. The monoisotopic (exact) mass is 252 g/mol. The Kier molecular flexibility index (Phi) is 8.05. The maximum absolute atomic E-state index is 10.5. The van der Waals surface area contributed by atoms with E-state index in [1.54, 1.807) is 12.1 Å². The molecule has 1 aromatic rings. The maximum atomic E-state index is 10.5. The minimum Gasteiger partial charge on any atom is -0.494 e. The van der Waals surface area contributed by atoms with Gasteiger partial charge < -0.3 is 16.2 Å². The van der Waals surface area contributed by atoms with Crippen molar-refractivity contribution in [1.82, 2.24) is 0 Å². The molecular formula is C9H14Cl2N2O2. The predicted octanol–water partition coefficient (Wildman–Crippen LogP) is 1.39. The van der Waals surface area contributed by atoms with Crippen molar-refractivity contribution in [2.45, 2.75) is 6.54 Å². The summed E-state index contributed by atoms with van der Waals surface area (Å²) in [6.45, 7) is 0.301. The molecule has 0 aliphatic carbocycles. The van der Waals surface area contributed by atoms with Gasteiger partial charge in [-0.05, 0) is 12.1 Å². The first-order valence-corrected chi connectivity index (χ1v) is 3.84. The van der Waals surface area contributed by atoms with Crippen LogP contribution in [0.2, 0.25) is 0 Å². The van der Waals surface area contributed by atoms with Gasteiger partial charge in [-0.3, -0.25) is 4.79 Å². The molecule has 0 aliphatic rings. The average Bonchev–Trinajstić information content (AvgIpc) is 2.16. The van der Waals surface area contributed by atoms with Gasteiger partial charge in [-0.15, -0.1) is 24.8 Å². The lowest BCUT2D eigenvalue weighted by molar-refractivity contribution is 0.112. The van der Waals surface area contributed by atoms with E-state index in [0.29, 0.717) is 23.5 Å². The van der Waals surface area contributed by atoms with Gasteiger partial charge in [0.25, 0.3) is 0 Å². The Morgan fingerprint density at radius 1 is 1.40 bits per heavy atom. The number of halogens is 2. The number of benzene rings is 1. The summed E-state index contributed by atoms with van der Waals surface area (Å²) >= 11 is 0. The largest absolute Gasteiger partial charge is 0.494 e. The number of ether oxygens (including phenoxy) is 1. The molecule has 4 N–H and O–H groups in total. The Morgan fingerprint density at radius 2 is 2.00 bits per heavy atom. The summed E-state index contributed by atoms with van der Waals surface area (Å²) in [5.41, 5.74) is 12.8. The van der Waals surface area contributed by atoms with Gasteiger partial charge in [0.2, 0.25) is 0 Å². The molecule has 0 unspecified atom stereocenters. The predicted molar refractivity (Wildman–Crippen MR) is 65.2 cm³/mol. The SMILES string of the molecule is COc1c(N)cc(C=O)cc1CN.Cl.Cl. The summed E-state index contributed by atoms with van der Waals surface area (Å²) < 4.78 is 5.05. The Morgan fingerprint density at radius 3 is 2.40 bits per heavy atom. The minimum absolute atomic E-state index is 0. The number of anilines is 1. The second kappa shape index (κ2) is 7.34. The smallest absolute Gasteiger partial charge is 0.150 e. The van der Waals surface area contributed by atoms with Crippen LogP contribution >= 0.6 is 24.8 Å². The number of carbonyl (C=O) groups is 1. The van der Waals surface area contributed by atoms with Gasteiger partial charge in [0, 0.05) is 17.7 Å². The van der Waals surface area contributed by atoms with E-state index in [0.717, 1.165) is 11.8 Å². The zero-order chi connectivity index (χ0) is 9.84. The summed E-state index contributed by atoms with van der Waals surface area (Å²) in [7, 11) is 1.52. The fraction of sp³-hybridized carbons (Fsp3) is 0.222. The Labute approximate surface area is 101 Å². The number of hydrogen-bond donors (Lipinski definition) is 2. The molecule has 6 heteroatoms. The molecule has 86 valence electrons.